The summed E-state index contributed by atoms with van der Waals surface area (Å²) in [5, 5.41) is 5.26. The predicted molar refractivity (Wildman–Crippen MR) is 74.1 cm³/mol. The maximum Gasteiger partial charge on any atom is 0.0789 e. The summed E-state index contributed by atoms with van der Waals surface area (Å²) in [6.07, 6.45) is 1.84. The number of aromatic nitrogens is 1. The highest BCUT2D eigenvalue weighted by Gasteiger charge is 2.19. The Bertz CT molecular complexity index is 518. The first-order valence-electron chi connectivity index (χ1n) is 6.02. The lowest BCUT2D eigenvalue weighted by Crippen LogP contribution is -2.31. The topological polar surface area (TPSA) is 24.9 Å². The molecule has 2 unspecified atom stereocenters. The van der Waals surface area contributed by atoms with Gasteiger partial charge in [0.2, 0.25) is 0 Å². The summed E-state index contributed by atoms with van der Waals surface area (Å²) in [7, 11) is 0. The summed E-state index contributed by atoms with van der Waals surface area (Å²) in [5.41, 5.74) is 2.44. The Hall–Kier alpha value is -1.06. The summed E-state index contributed by atoms with van der Waals surface area (Å²) in [4.78, 5) is 4.35. The smallest absolute Gasteiger partial charge is 0.0789 e. The largest absolute Gasteiger partial charge is 0.301 e. The van der Waals surface area contributed by atoms with Crippen molar-refractivity contribution in [3.63, 3.8) is 0 Å². The molecule has 1 saturated heterocycles. The van der Waals surface area contributed by atoms with E-state index in [0.29, 0.717) is 5.37 Å². The summed E-state index contributed by atoms with van der Waals surface area (Å²) >= 11 is 2.00. The normalized spacial score (nSPS) is 25.0. The van der Waals surface area contributed by atoms with Crippen molar-refractivity contribution >= 4 is 22.7 Å². The van der Waals surface area contributed by atoms with Gasteiger partial charge in [0, 0.05) is 11.6 Å². The maximum atomic E-state index is 4.35. The third-order valence-corrected chi connectivity index (χ3v) is 4.66. The van der Waals surface area contributed by atoms with Gasteiger partial charge in [-0.2, -0.15) is 0 Å². The Labute approximate surface area is 106 Å². The number of fused-ring (bicyclic) bond motifs is 1. The number of thioether (sulfide) groups is 1. The summed E-state index contributed by atoms with van der Waals surface area (Å²) in [5.74, 6) is 2.02. The molecule has 1 aliphatic heterocycles. The van der Waals surface area contributed by atoms with Crippen LogP contribution >= 0.6 is 11.8 Å². The van der Waals surface area contributed by atoms with Crippen LogP contribution in [0.15, 0.2) is 36.5 Å². The predicted octanol–water partition coefficient (Wildman–Crippen LogP) is 3.21. The van der Waals surface area contributed by atoms with E-state index in [1.165, 1.54) is 16.7 Å². The second kappa shape index (κ2) is 4.67. The van der Waals surface area contributed by atoms with Crippen LogP contribution in [0.3, 0.4) is 0 Å². The molecular formula is C14H16N2S. The molecule has 1 aromatic heterocycles. The minimum Gasteiger partial charge on any atom is -0.301 e. The zero-order chi connectivity index (χ0) is 11.7. The molecule has 2 aromatic rings. The Morgan fingerprint density at radius 3 is 3.12 bits per heavy atom. The molecule has 17 heavy (non-hydrogen) atoms. The van der Waals surface area contributed by atoms with Crippen molar-refractivity contribution in [2.75, 3.05) is 12.3 Å². The van der Waals surface area contributed by atoms with Crippen molar-refractivity contribution in [3.05, 3.63) is 42.1 Å². The molecular weight excluding hydrogens is 228 g/mol. The van der Waals surface area contributed by atoms with Crippen LogP contribution in [0.2, 0.25) is 0 Å². The number of benzene rings is 1. The van der Waals surface area contributed by atoms with Gasteiger partial charge in [-0.3, -0.25) is 4.98 Å². The van der Waals surface area contributed by atoms with E-state index in [2.05, 4.69) is 41.5 Å². The summed E-state index contributed by atoms with van der Waals surface area (Å²) < 4.78 is 0. The SMILES string of the molecule is CC1CNC(c2ccc3ncccc3c2)SC1. The molecule has 1 fully saturated rings. The molecule has 1 aliphatic rings. The van der Waals surface area contributed by atoms with Gasteiger partial charge in [-0.05, 0) is 42.0 Å². The van der Waals surface area contributed by atoms with Crippen molar-refractivity contribution in [2.24, 2.45) is 5.92 Å². The molecule has 3 rings (SSSR count). The fourth-order valence-corrected chi connectivity index (χ4v) is 3.35. The van der Waals surface area contributed by atoms with Crippen LogP contribution in [-0.4, -0.2) is 17.3 Å². The van der Waals surface area contributed by atoms with Gasteiger partial charge in [0.1, 0.15) is 0 Å². The van der Waals surface area contributed by atoms with Crippen LogP contribution < -0.4 is 5.32 Å². The van der Waals surface area contributed by atoms with Crippen molar-refractivity contribution in [2.45, 2.75) is 12.3 Å². The molecule has 1 N–H and O–H groups in total. The van der Waals surface area contributed by atoms with Gasteiger partial charge >= 0.3 is 0 Å². The van der Waals surface area contributed by atoms with E-state index in [1.807, 2.05) is 24.0 Å². The minimum absolute atomic E-state index is 0.441. The van der Waals surface area contributed by atoms with Gasteiger partial charge in [-0.1, -0.05) is 19.1 Å². The number of pyridine rings is 1. The maximum absolute atomic E-state index is 4.35. The van der Waals surface area contributed by atoms with E-state index in [1.54, 1.807) is 0 Å². The van der Waals surface area contributed by atoms with E-state index < -0.39 is 0 Å². The Balaban J connectivity index is 1.90. The number of hydrogen-bond acceptors (Lipinski definition) is 3. The number of nitrogens with one attached hydrogen (secondary N) is 1. The van der Waals surface area contributed by atoms with Gasteiger partial charge in [0.15, 0.2) is 0 Å². The molecule has 2 atom stereocenters. The molecule has 1 aromatic carbocycles. The van der Waals surface area contributed by atoms with E-state index in [0.717, 1.165) is 18.0 Å². The van der Waals surface area contributed by atoms with Crippen molar-refractivity contribution in [3.8, 4) is 0 Å². The van der Waals surface area contributed by atoms with Crippen LogP contribution in [0.25, 0.3) is 10.9 Å². The van der Waals surface area contributed by atoms with Crippen LogP contribution in [-0.2, 0) is 0 Å². The zero-order valence-electron chi connectivity index (χ0n) is 9.89. The minimum atomic E-state index is 0.441. The first kappa shape index (κ1) is 11.1. The van der Waals surface area contributed by atoms with E-state index in [-0.39, 0.29) is 0 Å². The molecule has 2 heterocycles. The third-order valence-electron chi connectivity index (χ3n) is 3.13. The van der Waals surface area contributed by atoms with E-state index >= 15 is 0 Å². The zero-order valence-corrected chi connectivity index (χ0v) is 10.7. The standard InChI is InChI=1S/C14H16N2S/c1-10-8-16-14(17-9-10)12-4-5-13-11(7-12)3-2-6-15-13/h2-7,10,14,16H,8-9H2,1H3. The number of nitrogens with zero attached hydrogens (tertiary/aromatic N) is 1. The van der Waals surface area contributed by atoms with Crippen LogP contribution in [0.1, 0.15) is 17.9 Å². The molecule has 88 valence electrons. The first-order valence-corrected chi connectivity index (χ1v) is 7.07. The lowest BCUT2D eigenvalue weighted by molar-refractivity contribution is 0.530. The first-order chi connectivity index (χ1) is 8.33. The lowest BCUT2D eigenvalue weighted by Gasteiger charge is -2.27. The highest BCUT2D eigenvalue weighted by atomic mass is 32.2. The van der Waals surface area contributed by atoms with Crippen LogP contribution in [0.4, 0.5) is 0 Å². The highest BCUT2D eigenvalue weighted by molar-refractivity contribution is 7.99. The molecule has 0 spiro atoms. The van der Waals surface area contributed by atoms with Gasteiger partial charge in [-0.25, -0.2) is 0 Å². The second-order valence-corrected chi connectivity index (χ2v) is 5.82. The van der Waals surface area contributed by atoms with Gasteiger partial charge < -0.3 is 5.32 Å². The highest BCUT2D eigenvalue weighted by Crippen LogP contribution is 2.32. The van der Waals surface area contributed by atoms with Crippen molar-refractivity contribution < 1.29 is 0 Å². The van der Waals surface area contributed by atoms with E-state index in [9.17, 15) is 0 Å². The molecule has 2 nitrogen and oxygen atoms in total. The lowest BCUT2D eigenvalue weighted by atomic mass is 10.1. The fourth-order valence-electron chi connectivity index (χ4n) is 2.16. The molecule has 0 bridgehead atoms. The summed E-state index contributed by atoms with van der Waals surface area (Å²) in [6.45, 7) is 3.41. The fraction of sp³-hybridized carbons (Fsp3) is 0.357. The number of rotatable bonds is 1. The Morgan fingerprint density at radius 1 is 1.35 bits per heavy atom. The Morgan fingerprint density at radius 2 is 2.29 bits per heavy atom. The Kier molecular flexibility index (Phi) is 3.04. The average molecular weight is 244 g/mol. The molecule has 0 aliphatic carbocycles. The van der Waals surface area contributed by atoms with Crippen molar-refractivity contribution in [1.82, 2.24) is 10.3 Å². The third kappa shape index (κ3) is 2.31. The summed E-state index contributed by atoms with van der Waals surface area (Å²) in [6, 6.07) is 10.7. The monoisotopic (exact) mass is 244 g/mol. The molecule has 0 amide bonds. The molecule has 0 radical (unpaired) electrons. The van der Waals surface area contributed by atoms with E-state index in [4.69, 9.17) is 0 Å². The van der Waals surface area contributed by atoms with Gasteiger partial charge in [0.05, 0.1) is 10.9 Å². The second-order valence-electron chi connectivity index (χ2n) is 4.68. The molecule has 0 saturated carbocycles. The van der Waals surface area contributed by atoms with Crippen LogP contribution in [0, 0.1) is 5.92 Å². The molecule has 3 heteroatoms. The quantitative estimate of drug-likeness (QED) is 0.834. The van der Waals surface area contributed by atoms with Crippen molar-refractivity contribution in [1.29, 1.82) is 0 Å². The van der Waals surface area contributed by atoms with Gasteiger partial charge in [0.25, 0.3) is 0 Å². The number of hydrogen-bond donors (Lipinski definition) is 1. The van der Waals surface area contributed by atoms with Gasteiger partial charge in [-0.15, -0.1) is 11.8 Å². The van der Waals surface area contributed by atoms with Crippen LogP contribution in [0.5, 0.6) is 0 Å². The average Bonchev–Trinajstić information content (AvgIpc) is 2.39.